The normalized spacial score (nSPS) is 0. The van der Waals surface area contributed by atoms with Crippen LogP contribution in [0.1, 0.15) is 0 Å². The Hall–Kier alpha value is 5.79. The summed E-state index contributed by atoms with van der Waals surface area (Å²) >= 11 is 0. The van der Waals surface area contributed by atoms with E-state index in [4.69, 9.17) is 0 Å². The Bertz CT molecular complexity index is 19.7. The van der Waals surface area contributed by atoms with Gasteiger partial charge in [-0.3, -0.25) is 0 Å². The Morgan fingerprint density at radius 3 is 1.00 bits per heavy atom. The van der Waals surface area contributed by atoms with Gasteiger partial charge < -0.3 is 0 Å². The molecule has 7 heteroatoms. The fraction of sp³-hybridized carbons (Fsp3) is 0. The van der Waals surface area contributed by atoms with E-state index in [0.717, 1.165) is 0 Å². The van der Waals surface area contributed by atoms with E-state index in [1.165, 1.54) is 0 Å². The molecule has 0 aromatic rings. The SMILES string of the molecule is [Co].[GaH3].[GeH4].[InH3].[Sc].[SrH2].[Zr]. The number of hydrogen-bond donors (Lipinski definition) is 0. The fourth-order valence-electron chi connectivity index (χ4n) is 0. The van der Waals surface area contributed by atoms with E-state index in [-0.39, 0.29) is 178 Å². The van der Waals surface area contributed by atoms with Crippen LogP contribution in [0.25, 0.3) is 0 Å². The molecule has 7 heavy (non-hydrogen) atoms. The number of hydrogen-bond acceptors (Lipinski definition) is 0. The molecule has 0 aromatic heterocycles. The van der Waals surface area contributed by atoms with Crippen LogP contribution in [0.15, 0.2) is 0 Å². The summed E-state index contributed by atoms with van der Waals surface area (Å²) in [6, 6.07) is 0. The molecular formula is H12CoGaGeInScSrZr. The third-order valence-electron chi connectivity index (χ3n) is 0. The van der Waals surface area contributed by atoms with Gasteiger partial charge in [-0.15, -0.1) is 0 Å². The summed E-state index contributed by atoms with van der Waals surface area (Å²) < 4.78 is 0. The van der Waals surface area contributed by atoms with Crippen LogP contribution in [0.2, 0.25) is 0 Å². The topological polar surface area (TPSA) is 0 Å². The summed E-state index contributed by atoms with van der Waals surface area (Å²) in [6.45, 7) is 0. The van der Waals surface area contributed by atoms with Crippen molar-refractivity contribution in [1.82, 2.24) is 0 Å². The van der Waals surface area contributed by atoms with Crippen molar-refractivity contribution in [3.63, 3.8) is 0 Å². The van der Waals surface area contributed by atoms with Gasteiger partial charge in [0.05, 0.1) is 0 Å². The van der Waals surface area contributed by atoms with Gasteiger partial charge in [-0.05, 0) is 0 Å². The van der Waals surface area contributed by atoms with Crippen molar-refractivity contribution < 1.29 is 68.8 Å². The second-order valence-corrected chi connectivity index (χ2v) is 0. The Kier molecular flexibility index (Phi) is 310. The van der Waals surface area contributed by atoms with Crippen LogP contribution < -0.4 is 0 Å². The molecule has 0 amide bonds. The van der Waals surface area contributed by atoms with E-state index in [9.17, 15) is 0 Å². The van der Waals surface area contributed by atoms with E-state index < -0.39 is 0 Å². The first kappa shape index (κ1) is 53.0. The molecule has 0 atom stereocenters. The molecule has 0 N–H and O–H groups in total. The van der Waals surface area contributed by atoms with Gasteiger partial charge in [0.1, 0.15) is 0 Å². The molecule has 0 unspecified atom stereocenters. The molecule has 0 saturated heterocycles. The molecule has 0 aliphatic heterocycles. The molecule has 0 saturated carbocycles. The second kappa shape index (κ2) is 40.9. The van der Waals surface area contributed by atoms with Crippen LogP contribution in [0.3, 0.4) is 0 Å². The molecule has 2 radical (unpaired) electrons. The quantitative estimate of drug-likeness (QED) is 0.266. The van der Waals surface area contributed by atoms with Crippen molar-refractivity contribution in [2.45, 2.75) is 0 Å². The van der Waals surface area contributed by atoms with Crippen LogP contribution >= 0.6 is 0 Å². The average Bonchev–Trinajstić information content (AvgIpc) is 0. The van der Waals surface area contributed by atoms with E-state index in [1.807, 2.05) is 0 Å². The summed E-state index contributed by atoms with van der Waals surface area (Å²) in [4.78, 5) is 0. The first-order valence-electron chi connectivity index (χ1n) is 0. The molecule has 0 spiro atoms. The van der Waals surface area contributed by atoms with E-state index >= 15 is 0 Å². The van der Waals surface area contributed by atoms with Crippen LogP contribution in [-0.2, 0) is 68.8 Å². The third kappa shape index (κ3) is 33.7. The molecule has 0 aliphatic carbocycles. The van der Waals surface area contributed by atoms with Crippen molar-refractivity contribution in [1.29, 1.82) is 0 Å². The zero-order valence-electron chi connectivity index (χ0n) is 1.41. The predicted octanol–water partition coefficient (Wildman–Crippen LogP) is -4.74. The van der Waals surface area contributed by atoms with Crippen LogP contribution in [0, 0.1) is 0 Å². The maximum absolute atomic E-state index is 0. The van der Waals surface area contributed by atoms with Gasteiger partial charge in [0.15, 0.2) is 0 Å². The van der Waals surface area contributed by atoms with Crippen molar-refractivity contribution in [3.8, 4) is 0 Å². The first-order valence-corrected chi connectivity index (χ1v) is 0. The number of rotatable bonds is 0. The molecule has 0 nitrogen and oxygen atoms in total. The van der Waals surface area contributed by atoms with E-state index in [0.29, 0.717) is 0 Å². The molecular weight excluding hydrogens is 540 g/mol. The van der Waals surface area contributed by atoms with Crippen molar-refractivity contribution >= 4 is 109 Å². The maximum atomic E-state index is 0. The monoisotopic (exact) mass is 552 g/mol. The minimum atomic E-state index is 0. The molecule has 0 fully saturated rings. The maximum Gasteiger partial charge on any atom is 0 e. The smallest absolute Gasteiger partial charge is 0 e. The average molecular weight is 552 g/mol. The standard InChI is InChI=1S/Co.Ga.GeH4.In.Sc.Sr.Zr.8H/h;;1H4;;;;;;;;;;;;. The Balaban J connectivity index is 0. The summed E-state index contributed by atoms with van der Waals surface area (Å²) in [5, 5.41) is 0. The minimum Gasteiger partial charge on any atom is 0 e. The second-order valence-electron chi connectivity index (χ2n) is 0. The first-order chi connectivity index (χ1) is 0. The molecule has 0 aromatic carbocycles. The summed E-state index contributed by atoms with van der Waals surface area (Å²) in [5.41, 5.74) is 0. The van der Waals surface area contributed by atoms with E-state index in [1.54, 1.807) is 0 Å². The van der Waals surface area contributed by atoms with E-state index in [2.05, 4.69) is 0 Å². The van der Waals surface area contributed by atoms with Crippen LogP contribution in [0.5, 0.6) is 0 Å². The Labute approximate surface area is 172 Å². The van der Waals surface area contributed by atoms with Crippen LogP contribution in [-0.4, -0.2) is 109 Å². The molecule has 40 valence electrons. The molecule has 0 rings (SSSR count). The zero-order chi connectivity index (χ0) is 0. The molecule has 0 heterocycles. The zero-order valence-corrected chi connectivity index (χ0v) is 6.71. The van der Waals surface area contributed by atoms with Crippen LogP contribution in [0.4, 0.5) is 0 Å². The van der Waals surface area contributed by atoms with Crippen molar-refractivity contribution in [2.24, 2.45) is 0 Å². The van der Waals surface area contributed by atoms with Gasteiger partial charge in [-0.25, -0.2) is 0 Å². The summed E-state index contributed by atoms with van der Waals surface area (Å²) in [5.74, 6) is 0. The summed E-state index contributed by atoms with van der Waals surface area (Å²) in [6.07, 6.45) is 0. The summed E-state index contributed by atoms with van der Waals surface area (Å²) in [7, 11) is 0. The third-order valence-corrected chi connectivity index (χ3v) is 0. The predicted molar refractivity (Wildman–Crippen MR) is 39.8 cm³/mol. The van der Waals surface area contributed by atoms with Gasteiger partial charge in [0.25, 0.3) is 0 Å². The minimum absolute atomic E-state index is 0. The fourth-order valence-corrected chi connectivity index (χ4v) is 0. The van der Waals surface area contributed by atoms with Crippen molar-refractivity contribution in [3.05, 3.63) is 0 Å². The van der Waals surface area contributed by atoms with Gasteiger partial charge in [0, 0.05) is 68.8 Å². The van der Waals surface area contributed by atoms with Crippen molar-refractivity contribution in [2.75, 3.05) is 0 Å². The Morgan fingerprint density at radius 1 is 1.00 bits per heavy atom. The largest absolute Gasteiger partial charge is 0 e. The van der Waals surface area contributed by atoms with Gasteiger partial charge in [0.2, 0.25) is 0 Å². The van der Waals surface area contributed by atoms with Gasteiger partial charge >= 0.3 is 109 Å². The Morgan fingerprint density at radius 2 is 1.00 bits per heavy atom. The van der Waals surface area contributed by atoms with Gasteiger partial charge in [-0.1, -0.05) is 0 Å². The molecule has 0 aliphatic rings. The molecule has 0 bridgehead atoms. The van der Waals surface area contributed by atoms with Gasteiger partial charge in [-0.2, -0.15) is 0 Å².